The molecule has 14 heavy (non-hydrogen) atoms. The second kappa shape index (κ2) is 3.65. The molecule has 1 aromatic heterocycles. The summed E-state index contributed by atoms with van der Waals surface area (Å²) in [5.41, 5.74) is 0.717. The number of aromatic nitrogens is 1. The third kappa shape index (κ3) is 1.69. The van der Waals surface area contributed by atoms with Crippen LogP contribution in [0.4, 0.5) is 0 Å². The third-order valence-electron chi connectivity index (χ3n) is 2.05. The van der Waals surface area contributed by atoms with Crippen LogP contribution in [-0.4, -0.2) is 17.6 Å². The molecule has 0 aliphatic carbocycles. The Morgan fingerprint density at radius 2 is 2.57 bits per heavy atom. The first-order valence-electron chi connectivity index (χ1n) is 4.52. The lowest BCUT2D eigenvalue weighted by Gasteiger charge is -2.23. The smallest absolute Gasteiger partial charge is 0.303 e. The van der Waals surface area contributed by atoms with Gasteiger partial charge in [0, 0.05) is 19.5 Å². The second-order valence-corrected chi connectivity index (χ2v) is 3.12. The average Bonchev–Trinajstić information content (AvgIpc) is 2.18. The first kappa shape index (κ1) is 8.99. The molecule has 0 spiro atoms. The fourth-order valence-corrected chi connectivity index (χ4v) is 1.49. The lowest BCUT2D eigenvalue weighted by molar-refractivity contribution is -0.148. The minimum Gasteiger partial charge on any atom is -0.491 e. The Hall–Kier alpha value is -1.58. The van der Waals surface area contributed by atoms with Crippen LogP contribution in [0.25, 0.3) is 0 Å². The predicted octanol–water partition coefficient (Wildman–Crippen LogP) is 1.47. The van der Waals surface area contributed by atoms with Gasteiger partial charge in [-0.05, 0) is 12.1 Å². The Kier molecular flexibility index (Phi) is 2.35. The molecule has 1 aliphatic heterocycles. The summed E-state index contributed by atoms with van der Waals surface area (Å²) < 4.78 is 10.5. The van der Waals surface area contributed by atoms with E-state index in [9.17, 15) is 4.79 Å². The van der Waals surface area contributed by atoms with Gasteiger partial charge in [-0.2, -0.15) is 0 Å². The molecule has 1 aromatic rings. The number of fused-ring (bicyclic) bond motifs is 1. The number of nitrogens with zero attached hydrogens (tertiary/aromatic N) is 1. The van der Waals surface area contributed by atoms with Crippen LogP contribution in [0.5, 0.6) is 5.75 Å². The van der Waals surface area contributed by atoms with Crippen LogP contribution in [0.3, 0.4) is 0 Å². The minimum atomic E-state index is -0.284. The number of esters is 1. The van der Waals surface area contributed by atoms with Gasteiger partial charge in [0.25, 0.3) is 0 Å². The predicted molar refractivity (Wildman–Crippen MR) is 48.9 cm³/mol. The standard InChI is InChI=1S/C10H11NO3/c1-7(12)14-9-4-6-13-8-3-2-5-11-10(8)9/h2-3,5,9H,4,6H2,1H3. The fraction of sp³-hybridized carbons (Fsp3) is 0.400. The highest BCUT2D eigenvalue weighted by Crippen LogP contribution is 2.32. The Balaban J connectivity index is 2.26. The van der Waals surface area contributed by atoms with E-state index in [2.05, 4.69) is 4.98 Å². The molecule has 74 valence electrons. The van der Waals surface area contributed by atoms with E-state index in [0.717, 1.165) is 0 Å². The van der Waals surface area contributed by atoms with Gasteiger partial charge in [-0.1, -0.05) is 0 Å². The zero-order valence-electron chi connectivity index (χ0n) is 7.90. The molecule has 0 saturated heterocycles. The number of pyridine rings is 1. The molecule has 1 atom stereocenters. The molecular weight excluding hydrogens is 182 g/mol. The Bertz CT molecular complexity index is 351. The summed E-state index contributed by atoms with van der Waals surface area (Å²) in [6.45, 7) is 1.97. The SMILES string of the molecule is CC(=O)OC1CCOc2cccnc21. The highest BCUT2D eigenvalue weighted by Gasteiger charge is 2.24. The third-order valence-corrected chi connectivity index (χ3v) is 2.05. The van der Waals surface area contributed by atoms with Gasteiger partial charge in [-0.25, -0.2) is 0 Å². The van der Waals surface area contributed by atoms with Gasteiger partial charge < -0.3 is 9.47 Å². The largest absolute Gasteiger partial charge is 0.491 e. The molecule has 0 amide bonds. The highest BCUT2D eigenvalue weighted by molar-refractivity contribution is 5.66. The van der Waals surface area contributed by atoms with Crippen LogP contribution >= 0.6 is 0 Å². The lowest BCUT2D eigenvalue weighted by Crippen LogP contribution is -2.19. The zero-order valence-corrected chi connectivity index (χ0v) is 7.90. The van der Waals surface area contributed by atoms with Crippen LogP contribution in [0.1, 0.15) is 25.1 Å². The van der Waals surface area contributed by atoms with E-state index < -0.39 is 0 Å². The molecule has 0 radical (unpaired) electrons. The van der Waals surface area contributed by atoms with Crippen molar-refractivity contribution in [2.45, 2.75) is 19.4 Å². The quantitative estimate of drug-likeness (QED) is 0.633. The highest BCUT2D eigenvalue weighted by atomic mass is 16.5. The van der Waals surface area contributed by atoms with Gasteiger partial charge in [-0.3, -0.25) is 9.78 Å². The average molecular weight is 193 g/mol. The van der Waals surface area contributed by atoms with Crippen molar-refractivity contribution in [2.24, 2.45) is 0 Å². The molecule has 1 aliphatic rings. The summed E-state index contributed by atoms with van der Waals surface area (Å²) in [5, 5.41) is 0. The monoisotopic (exact) mass is 193 g/mol. The maximum absolute atomic E-state index is 10.8. The van der Waals surface area contributed by atoms with Crippen molar-refractivity contribution in [1.82, 2.24) is 4.98 Å². The van der Waals surface area contributed by atoms with E-state index in [-0.39, 0.29) is 12.1 Å². The van der Waals surface area contributed by atoms with E-state index >= 15 is 0 Å². The number of carbonyl (C=O) groups is 1. The summed E-state index contributed by atoms with van der Waals surface area (Å²) in [4.78, 5) is 15.0. The number of hydrogen-bond acceptors (Lipinski definition) is 4. The topological polar surface area (TPSA) is 48.4 Å². The Labute approximate surface area is 81.9 Å². The number of rotatable bonds is 1. The van der Waals surface area contributed by atoms with Crippen LogP contribution in [0.15, 0.2) is 18.3 Å². The first-order valence-corrected chi connectivity index (χ1v) is 4.52. The van der Waals surface area contributed by atoms with E-state index in [1.165, 1.54) is 6.92 Å². The van der Waals surface area contributed by atoms with Crippen LogP contribution in [0, 0.1) is 0 Å². The van der Waals surface area contributed by atoms with Crippen LogP contribution < -0.4 is 4.74 Å². The van der Waals surface area contributed by atoms with Crippen LogP contribution in [-0.2, 0) is 9.53 Å². The Morgan fingerprint density at radius 3 is 3.36 bits per heavy atom. The van der Waals surface area contributed by atoms with Gasteiger partial charge in [0.2, 0.25) is 0 Å². The molecule has 2 heterocycles. The molecule has 0 bridgehead atoms. The molecule has 0 N–H and O–H groups in total. The summed E-state index contributed by atoms with van der Waals surface area (Å²) in [6, 6.07) is 3.63. The normalized spacial score (nSPS) is 19.4. The number of carbonyl (C=O) groups excluding carboxylic acids is 1. The van der Waals surface area contributed by atoms with Gasteiger partial charge in [0.05, 0.1) is 6.61 Å². The lowest BCUT2D eigenvalue weighted by atomic mass is 10.1. The van der Waals surface area contributed by atoms with E-state index in [1.54, 1.807) is 12.3 Å². The van der Waals surface area contributed by atoms with Gasteiger partial charge >= 0.3 is 5.97 Å². The van der Waals surface area contributed by atoms with Crippen molar-refractivity contribution in [2.75, 3.05) is 6.61 Å². The number of hydrogen-bond donors (Lipinski definition) is 0. The summed E-state index contributed by atoms with van der Waals surface area (Å²) >= 11 is 0. The minimum absolute atomic E-state index is 0.252. The summed E-state index contributed by atoms with van der Waals surface area (Å²) in [6.07, 6.45) is 2.09. The van der Waals surface area contributed by atoms with Gasteiger partial charge in [0.15, 0.2) is 6.10 Å². The van der Waals surface area contributed by atoms with Crippen molar-refractivity contribution in [3.05, 3.63) is 24.0 Å². The fourth-order valence-electron chi connectivity index (χ4n) is 1.49. The molecule has 1 unspecified atom stereocenters. The summed E-state index contributed by atoms with van der Waals surface area (Å²) in [7, 11) is 0. The number of ether oxygens (including phenoxy) is 2. The maximum atomic E-state index is 10.8. The summed E-state index contributed by atoms with van der Waals surface area (Å²) in [5.74, 6) is 0.429. The molecule has 0 saturated carbocycles. The van der Waals surface area contributed by atoms with Crippen molar-refractivity contribution in [3.8, 4) is 5.75 Å². The van der Waals surface area contributed by atoms with Gasteiger partial charge in [0.1, 0.15) is 11.4 Å². The molecule has 0 fully saturated rings. The van der Waals surface area contributed by atoms with E-state index in [0.29, 0.717) is 24.5 Å². The zero-order chi connectivity index (χ0) is 9.97. The van der Waals surface area contributed by atoms with E-state index in [1.807, 2.05) is 6.07 Å². The molecule has 4 heteroatoms. The molecule has 2 rings (SSSR count). The van der Waals surface area contributed by atoms with Gasteiger partial charge in [-0.15, -0.1) is 0 Å². The Morgan fingerprint density at radius 1 is 1.71 bits per heavy atom. The van der Waals surface area contributed by atoms with Crippen molar-refractivity contribution in [1.29, 1.82) is 0 Å². The van der Waals surface area contributed by atoms with Crippen molar-refractivity contribution in [3.63, 3.8) is 0 Å². The maximum Gasteiger partial charge on any atom is 0.303 e. The van der Waals surface area contributed by atoms with E-state index in [4.69, 9.17) is 9.47 Å². The molecule has 4 nitrogen and oxygen atoms in total. The first-order chi connectivity index (χ1) is 6.77. The van der Waals surface area contributed by atoms with Crippen LogP contribution in [0.2, 0.25) is 0 Å². The molecule has 0 aromatic carbocycles. The molecular formula is C10H11NO3. The second-order valence-electron chi connectivity index (χ2n) is 3.12. The van der Waals surface area contributed by atoms with Crippen molar-refractivity contribution >= 4 is 5.97 Å². The van der Waals surface area contributed by atoms with Crippen molar-refractivity contribution < 1.29 is 14.3 Å².